The molecule has 0 aliphatic carbocycles. The van der Waals surface area contributed by atoms with Gasteiger partial charge in [0.1, 0.15) is 5.75 Å². The highest BCUT2D eigenvalue weighted by molar-refractivity contribution is 5.33. The van der Waals surface area contributed by atoms with E-state index in [1.54, 1.807) is 6.20 Å². The second-order valence-electron chi connectivity index (χ2n) is 5.45. The van der Waals surface area contributed by atoms with E-state index in [4.69, 9.17) is 10.5 Å². The fourth-order valence-corrected chi connectivity index (χ4v) is 2.32. The van der Waals surface area contributed by atoms with Gasteiger partial charge in [0.2, 0.25) is 0 Å². The molecule has 0 radical (unpaired) electrons. The van der Waals surface area contributed by atoms with Crippen LogP contribution in [0.3, 0.4) is 0 Å². The normalized spacial score (nSPS) is 13.0. The van der Waals surface area contributed by atoms with E-state index >= 15 is 0 Å². The van der Waals surface area contributed by atoms with E-state index in [0.717, 1.165) is 11.3 Å². The molecule has 0 bridgehead atoms. The van der Waals surface area contributed by atoms with Gasteiger partial charge < -0.3 is 10.5 Å². The molecule has 1 aromatic carbocycles. The van der Waals surface area contributed by atoms with Crippen LogP contribution in [0.25, 0.3) is 0 Å². The molecular weight excluding hydrogens is 248 g/mol. The maximum Gasteiger partial charge on any atom is 0.137 e. The highest BCUT2D eigenvalue weighted by atomic mass is 16.5. The average Bonchev–Trinajstić information content (AvgIpc) is 2.48. The number of hydrogen-bond acceptors (Lipinski definition) is 3. The number of aromatic nitrogens is 1. The number of nitrogens with zero attached hydrogens (tertiary/aromatic N) is 1. The maximum absolute atomic E-state index is 6.47. The van der Waals surface area contributed by atoms with Crippen molar-refractivity contribution in [2.45, 2.75) is 32.2 Å². The summed E-state index contributed by atoms with van der Waals surface area (Å²) in [6.45, 7) is 6.89. The maximum atomic E-state index is 6.47. The Kier molecular flexibility index (Phi) is 4.40. The molecule has 106 valence electrons. The van der Waals surface area contributed by atoms with E-state index in [9.17, 15) is 0 Å². The van der Waals surface area contributed by atoms with Crippen LogP contribution in [-0.4, -0.2) is 11.6 Å². The summed E-state index contributed by atoms with van der Waals surface area (Å²) in [7, 11) is 0. The molecule has 3 nitrogen and oxygen atoms in total. The van der Waals surface area contributed by atoms with Crippen LogP contribution in [0, 0.1) is 0 Å². The molecule has 1 unspecified atom stereocenters. The van der Waals surface area contributed by atoms with Gasteiger partial charge >= 0.3 is 0 Å². The van der Waals surface area contributed by atoms with Crippen molar-refractivity contribution in [2.24, 2.45) is 5.73 Å². The van der Waals surface area contributed by atoms with Crippen LogP contribution in [0.15, 0.2) is 48.8 Å². The average molecular weight is 270 g/mol. The zero-order valence-electron chi connectivity index (χ0n) is 12.3. The summed E-state index contributed by atoms with van der Waals surface area (Å²) in [4.78, 5) is 4.23. The molecule has 1 aromatic heterocycles. The van der Waals surface area contributed by atoms with E-state index in [-0.39, 0.29) is 11.5 Å². The third-order valence-electron chi connectivity index (χ3n) is 3.70. The third kappa shape index (κ3) is 2.99. The first-order chi connectivity index (χ1) is 9.55. The first-order valence-electron chi connectivity index (χ1n) is 6.94. The van der Waals surface area contributed by atoms with Crippen LogP contribution in [0.1, 0.15) is 37.9 Å². The molecule has 1 heterocycles. The molecule has 2 aromatic rings. The van der Waals surface area contributed by atoms with Gasteiger partial charge in [-0.2, -0.15) is 0 Å². The molecule has 2 rings (SSSR count). The predicted molar refractivity (Wildman–Crippen MR) is 81.8 cm³/mol. The van der Waals surface area contributed by atoms with Crippen LogP contribution in [-0.2, 0) is 5.41 Å². The van der Waals surface area contributed by atoms with Gasteiger partial charge in [0.25, 0.3) is 0 Å². The monoisotopic (exact) mass is 270 g/mol. The van der Waals surface area contributed by atoms with E-state index in [0.29, 0.717) is 6.61 Å². The van der Waals surface area contributed by atoms with Crippen LogP contribution < -0.4 is 10.5 Å². The van der Waals surface area contributed by atoms with E-state index in [1.165, 1.54) is 5.56 Å². The van der Waals surface area contributed by atoms with Crippen molar-refractivity contribution < 1.29 is 4.74 Å². The van der Waals surface area contributed by atoms with Gasteiger partial charge in [-0.15, -0.1) is 0 Å². The highest BCUT2D eigenvalue weighted by Gasteiger charge is 2.30. The number of hydrogen-bond donors (Lipinski definition) is 1. The van der Waals surface area contributed by atoms with Gasteiger partial charge in [0.05, 0.1) is 12.8 Å². The van der Waals surface area contributed by atoms with Crippen LogP contribution in [0.5, 0.6) is 5.75 Å². The first-order valence-corrected chi connectivity index (χ1v) is 6.94. The molecule has 0 saturated heterocycles. The second kappa shape index (κ2) is 6.06. The van der Waals surface area contributed by atoms with Crippen molar-refractivity contribution in [2.75, 3.05) is 6.61 Å². The summed E-state index contributed by atoms with van der Waals surface area (Å²) in [6, 6.07) is 12.2. The molecule has 1 atom stereocenters. The molecule has 2 N–H and O–H groups in total. The summed E-state index contributed by atoms with van der Waals surface area (Å²) < 4.78 is 5.50. The van der Waals surface area contributed by atoms with Gasteiger partial charge in [-0.05, 0) is 24.1 Å². The van der Waals surface area contributed by atoms with E-state index < -0.39 is 0 Å². The smallest absolute Gasteiger partial charge is 0.137 e. The zero-order chi connectivity index (χ0) is 14.6. The minimum atomic E-state index is -0.173. The van der Waals surface area contributed by atoms with E-state index in [1.807, 2.05) is 37.4 Å². The summed E-state index contributed by atoms with van der Waals surface area (Å²) in [6.07, 6.45) is 3.53. The molecule has 0 spiro atoms. The topological polar surface area (TPSA) is 48.1 Å². The standard InChI is InChI=1S/C17H22N2O/c1-4-20-15-10-13(11-19-12-15)16(18)17(2,3)14-8-6-5-7-9-14/h5-12,16H,4,18H2,1-3H3. The van der Waals surface area contributed by atoms with Crippen molar-refractivity contribution in [1.29, 1.82) is 0 Å². The number of benzene rings is 1. The Hall–Kier alpha value is -1.87. The highest BCUT2D eigenvalue weighted by Crippen LogP contribution is 2.35. The predicted octanol–water partition coefficient (Wildman–Crippen LogP) is 3.46. The fraction of sp³-hybridized carbons (Fsp3) is 0.353. The molecule has 0 fully saturated rings. The van der Waals surface area contributed by atoms with Gasteiger partial charge in [-0.3, -0.25) is 4.98 Å². The van der Waals surface area contributed by atoms with Crippen molar-refractivity contribution in [3.8, 4) is 5.75 Å². The largest absolute Gasteiger partial charge is 0.492 e. The van der Waals surface area contributed by atoms with Crippen LogP contribution >= 0.6 is 0 Å². The lowest BCUT2D eigenvalue weighted by Crippen LogP contribution is -2.33. The van der Waals surface area contributed by atoms with Crippen molar-refractivity contribution in [3.63, 3.8) is 0 Å². The van der Waals surface area contributed by atoms with Gasteiger partial charge in [0, 0.05) is 17.7 Å². The molecule has 0 saturated carbocycles. The Bertz CT molecular complexity index is 552. The van der Waals surface area contributed by atoms with Gasteiger partial charge in [0.15, 0.2) is 0 Å². The molecule has 0 amide bonds. The minimum Gasteiger partial charge on any atom is -0.492 e. The number of nitrogens with two attached hydrogens (primary N) is 1. The van der Waals surface area contributed by atoms with Gasteiger partial charge in [-0.1, -0.05) is 44.2 Å². The zero-order valence-corrected chi connectivity index (χ0v) is 12.3. The van der Waals surface area contributed by atoms with Crippen molar-refractivity contribution >= 4 is 0 Å². The summed E-state index contributed by atoms with van der Waals surface area (Å²) in [5, 5.41) is 0. The van der Waals surface area contributed by atoms with Crippen LogP contribution in [0.4, 0.5) is 0 Å². The summed E-state index contributed by atoms with van der Waals surface area (Å²) in [5.41, 5.74) is 8.51. The lowest BCUT2D eigenvalue weighted by atomic mass is 9.76. The molecular formula is C17H22N2O. The third-order valence-corrected chi connectivity index (χ3v) is 3.70. The minimum absolute atomic E-state index is 0.141. The Labute approximate surface area is 120 Å². The quantitative estimate of drug-likeness (QED) is 0.905. The fourth-order valence-electron chi connectivity index (χ4n) is 2.32. The van der Waals surface area contributed by atoms with Gasteiger partial charge in [-0.25, -0.2) is 0 Å². The number of pyridine rings is 1. The molecule has 0 aliphatic heterocycles. The summed E-state index contributed by atoms with van der Waals surface area (Å²) in [5.74, 6) is 0.768. The summed E-state index contributed by atoms with van der Waals surface area (Å²) >= 11 is 0. The Morgan fingerprint density at radius 1 is 1.20 bits per heavy atom. The Morgan fingerprint density at radius 3 is 2.55 bits per heavy atom. The number of ether oxygens (including phenoxy) is 1. The SMILES string of the molecule is CCOc1cncc(C(N)C(C)(C)c2ccccc2)c1. The molecule has 20 heavy (non-hydrogen) atoms. The van der Waals surface area contributed by atoms with Crippen molar-refractivity contribution in [1.82, 2.24) is 4.98 Å². The molecule has 0 aliphatic rings. The lowest BCUT2D eigenvalue weighted by Gasteiger charge is -2.32. The number of rotatable bonds is 5. The first kappa shape index (κ1) is 14.5. The second-order valence-corrected chi connectivity index (χ2v) is 5.45. The Morgan fingerprint density at radius 2 is 1.90 bits per heavy atom. The van der Waals surface area contributed by atoms with E-state index in [2.05, 4.69) is 31.0 Å². The van der Waals surface area contributed by atoms with Crippen molar-refractivity contribution in [3.05, 3.63) is 59.9 Å². The lowest BCUT2D eigenvalue weighted by molar-refractivity contribution is 0.337. The van der Waals surface area contributed by atoms with Crippen LogP contribution in [0.2, 0.25) is 0 Å². The Balaban J connectivity index is 2.30. The molecule has 3 heteroatoms.